The number of nitrogens with one attached hydrogen (secondary N) is 1. The van der Waals surface area contributed by atoms with Gasteiger partial charge in [-0.2, -0.15) is 4.68 Å². The van der Waals surface area contributed by atoms with Gasteiger partial charge in [-0.3, -0.25) is 9.47 Å². The zero-order valence-corrected chi connectivity index (χ0v) is 18.4. The fourth-order valence-electron chi connectivity index (χ4n) is 3.15. The molecule has 0 radical (unpaired) electrons. The summed E-state index contributed by atoms with van der Waals surface area (Å²) in [5.41, 5.74) is 2.59. The molecule has 0 saturated carbocycles. The van der Waals surface area contributed by atoms with Crippen molar-refractivity contribution in [2.45, 2.75) is 17.8 Å². The van der Waals surface area contributed by atoms with E-state index in [0.717, 1.165) is 5.56 Å². The van der Waals surface area contributed by atoms with Crippen molar-refractivity contribution in [3.8, 4) is 0 Å². The lowest BCUT2D eigenvalue weighted by Crippen LogP contribution is -2.30. The Labute approximate surface area is 188 Å². The summed E-state index contributed by atoms with van der Waals surface area (Å²) in [7, 11) is 1.30. The Bertz CT molecular complexity index is 1300. The molecule has 0 spiro atoms. The second-order valence-corrected chi connectivity index (χ2v) is 7.89. The molecular weight excluding hydrogens is 426 g/mol. The molecule has 0 aliphatic rings. The highest BCUT2D eigenvalue weighted by Crippen LogP contribution is 2.22. The molecule has 162 valence electrons. The molecule has 0 amide bonds. The van der Waals surface area contributed by atoms with Crippen LogP contribution in [0.2, 0.25) is 0 Å². The first-order chi connectivity index (χ1) is 15.6. The second kappa shape index (κ2) is 9.52. The van der Waals surface area contributed by atoms with Gasteiger partial charge in [0.2, 0.25) is 11.0 Å². The maximum absolute atomic E-state index is 13.4. The Balaban J connectivity index is 1.70. The summed E-state index contributed by atoms with van der Waals surface area (Å²) >= 11 is 1.41. The van der Waals surface area contributed by atoms with Crippen LogP contribution in [0.25, 0.3) is 0 Å². The summed E-state index contributed by atoms with van der Waals surface area (Å²) in [5, 5.41) is 11.8. The van der Waals surface area contributed by atoms with Crippen molar-refractivity contribution in [2.24, 2.45) is 0 Å². The number of carbonyl (C=O) groups is 1. The van der Waals surface area contributed by atoms with Crippen LogP contribution in [0.15, 0.2) is 83.0 Å². The molecule has 9 heteroatoms. The number of aromatic nitrogens is 4. The molecular formula is C23H21N5O3S. The lowest BCUT2D eigenvalue weighted by molar-refractivity contribution is 0.0602. The minimum Gasteiger partial charge on any atom is -0.465 e. The third-order valence-corrected chi connectivity index (χ3v) is 5.66. The summed E-state index contributed by atoms with van der Waals surface area (Å²) < 4.78 is 7.91. The average molecular weight is 448 g/mol. The zero-order valence-electron chi connectivity index (χ0n) is 17.6. The smallest absolute Gasteiger partial charge is 0.339 e. The van der Waals surface area contributed by atoms with Gasteiger partial charge in [-0.1, -0.05) is 53.7 Å². The highest BCUT2D eigenvalue weighted by Gasteiger charge is 2.17. The molecule has 0 aliphatic heterocycles. The number of benzene rings is 2. The summed E-state index contributed by atoms with van der Waals surface area (Å²) in [6, 6.07) is 18.6. The van der Waals surface area contributed by atoms with Gasteiger partial charge in [-0.15, -0.1) is 10.2 Å². The van der Waals surface area contributed by atoms with E-state index in [2.05, 4.69) is 21.6 Å². The second-order valence-electron chi connectivity index (χ2n) is 6.95. The fourth-order valence-corrected chi connectivity index (χ4v) is 4.03. The molecule has 2 aromatic carbocycles. The van der Waals surface area contributed by atoms with Crippen molar-refractivity contribution in [1.82, 2.24) is 19.5 Å². The van der Waals surface area contributed by atoms with Crippen LogP contribution < -0.4 is 10.9 Å². The van der Waals surface area contributed by atoms with E-state index in [-0.39, 0.29) is 5.82 Å². The van der Waals surface area contributed by atoms with Crippen LogP contribution in [0.1, 0.15) is 21.5 Å². The van der Waals surface area contributed by atoms with E-state index in [1.807, 2.05) is 37.3 Å². The first-order valence-corrected chi connectivity index (χ1v) is 10.8. The van der Waals surface area contributed by atoms with E-state index in [1.165, 1.54) is 29.1 Å². The normalized spacial score (nSPS) is 10.7. The summed E-state index contributed by atoms with van der Waals surface area (Å²) in [5.74, 6) is 0.113. The lowest BCUT2D eigenvalue weighted by Gasteiger charge is -2.14. The predicted molar refractivity (Wildman–Crippen MR) is 123 cm³/mol. The maximum Gasteiger partial charge on any atom is 0.339 e. The zero-order chi connectivity index (χ0) is 22.5. The van der Waals surface area contributed by atoms with Gasteiger partial charge in [0.15, 0.2) is 0 Å². The monoisotopic (exact) mass is 447 g/mol. The van der Waals surface area contributed by atoms with Gasteiger partial charge in [0, 0.05) is 18.1 Å². The Morgan fingerprint density at radius 3 is 2.59 bits per heavy atom. The van der Waals surface area contributed by atoms with Gasteiger partial charge in [0.25, 0.3) is 0 Å². The van der Waals surface area contributed by atoms with Crippen LogP contribution in [0.5, 0.6) is 0 Å². The van der Waals surface area contributed by atoms with Gasteiger partial charge in [0.05, 0.1) is 18.4 Å². The first kappa shape index (κ1) is 21.4. The predicted octanol–water partition coefficient (Wildman–Crippen LogP) is 3.88. The summed E-state index contributed by atoms with van der Waals surface area (Å²) in [6.07, 6.45) is 3.51. The number of aryl methyl sites for hydroxylation is 1. The number of hydrogen-bond acceptors (Lipinski definition) is 7. The quantitative estimate of drug-likeness (QED) is 0.340. The van der Waals surface area contributed by atoms with Crippen molar-refractivity contribution in [3.05, 3.63) is 100 Å². The largest absolute Gasteiger partial charge is 0.465 e. The molecule has 0 bridgehead atoms. The topological polar surface area (TPSA) is 91.0 Å². The molecule has 0 atom stereocenters. The number of ether oxygens (including phenoxy) is 1. The van der Waals surface area contributed by atoms with E-state index < -0.39 is 11.5 Å². The lowest BCUT2D eigenvalue weighted by atomic mass is 10.2. The number of anilines is 2. The van der Waals surface area contributed by atoms with E-state index in [0.29, 0.717) is 22.2 Å². The van der Waals surface area contributed by atoms with Gasteiger partial charge in [0.1, 0.15) is 0 Å². The minimum absolute atomic E-state index is 0.00467. The van der Waals surface area contributed by atoms with Crippen LogP contribution in [-0.2, 0) is 10.5 Å². The van der Waals surface area contributed by atoms with E-state index >= 15 is 0 Å². The average Bonchev–Trinajstić information content (AvgIpc) is 3.33. The molecule has 0 unspecified atom stereocenters. The highest BCUT2D eigenvalue weighted by atomic mass is 32.2. The van der Waals surface area contributed by atoms with Crippen LogP contribution in [0.4, 0.5) is 11.5 Å². The molecule has 2 aromatic heterocycles. The van der Waals surface area contributed by atoms with Gasteiger partial charge >= 0.3 is 11.5 Å². The molecule has 0 saturated heterocycles. The number of carbonyl (C=O) groups excluding carboxylic acids is 1. The molecule has 32 heavy (non-hydrogen) atoms. The SMILES string of the molecule is COC(=O)c1ccccc1Nc1nnc(SCc2cccc(C)c2)n(-n2cccc2)c1=O. The van der Waals surface area contributed by atoms with Crippen LogP contribution >= 0.6 is 11.8 Å². The van der Waals surface area contributed by atoms with Crippen molar-refractivity contribution in [2.75, 3.05) is 12.4 Å². The molecule has 8 nitrogen and oxygen atoms in total. The van der Waals surface area contributed by atoms with Gasteiger partial charge < -0.3 is 10.1 Å². The third kappa shape index (κ3) is 4.57. The number of methoxy groups -OCH3 is 1. The number of rotatable bonds is 7. The molecule has 0 aliphatic carbocycles. The molecule has 0 fully saturated rings. The Morgan fingerprint density at radius 1 is 1.06 bits per heavy atom. The number of para-hydroxylation sites is 1. The standard InChI is InChI=1S/C23H21N5O3S/c1-16-8-7-9-17(14-16)15-32-23-26-25-20(21(29)28(23)27-12-5-6-13-27)24-19-11-4-3-10-18(19)22(30)31-2/h3-14H,15H2,1-2H3,(H,24,25). The van der Waals surface area contributed by atoms with Gasteiger partial charge in [-0.05, 0) is 36.8 Å². The number of esters is 1. The first-order valence-electron chi connectivity index (χ1n) is 9.83. The Kier molecular flexibility index (Phi) is 6.37. The van der Waals surface area contributed by atoms with Crippen molar-refractivity contribution in [1.29, 1.82) is 0 Å². The van der Waals surface area contributed by atoms with Crippen LogP contribution in [0, 0.1) is 6.92 Å². The maximum atomic E-state index is 13.4. The summed E-state index contributed by atoms with van der Waals surface area (Å²) in [4.78, 5) is 25.4. The highest BCUT2D eigenvalue weighted by molar-refractivity contribution is 7.98. The summed E-state index contributed by atoms with van der Waals surface area (Å²) in [6.45, 7) is 2.04. The Hall–Kier alpha value is -3.85. The fraction of sp³-hybridized carbons (Fsp3) is 0.130. The number of nitrogens with zero attached hydrogens (tertiary/aromatic N) is 4. The van der Waals surface area contributed by atoms with E-state index in [9.17, 15) is 9.59 Å². The molecule has 1 N–H and O–H groups in total. The number of thioether (sulfide) groups is 1. The Morgan fingerprint density at radius 2 is 1.84 bits per heavy atom. The van der Waals surface area contributed by atoms with Crippen molar-refractivity contribution < 1.29 is 9.53 Å². The molecule has 2 heterocycles. The van der Waals surface area contributed by atoms with Crippen LogP contribution in [0.3, 0.4) is 0 Å². The van der Waals surface area contributed by atoms with Crippen molar-refractivity contribution in [3.63, 3.8) is 0 Å². The molecule has 4 rings (SSSR count). The van der Waals surface area contributed by atoms with E-state index in [4.69, 9.17) is 4.74 Å². The molecule has 4 aromatic rings. The van der Waals surface area contributed by atoms with Crippen molar-refractivity contribution >= 4 is 29.2 Å². The minimum atomic E-state index is -0.517. The van der Waals surface area contributed by atoms with E-state index in [1.54, 1.807) is 41.3 Å². The van der Waals surface area contributed by atoms with Crippen LogP contribution in [-0.4, -0.2) is 32.6 Å². The number of hydrogen-bond donors (Lipinski definition) is 1. The van der Waals surface area contributed by atoms with Gasteiger partial charge in [-0.25, -0.2) is 4.79 Å². The third-order valence-electron chi connectivity index (χ3n) is 4.67.